The van der Waals surface area contributed by atoms with Gasteiger partial charge in [-0.1, -0.05) is 0 Å². The Labute approximate surface area is 102 Å². The Kier molecular flexibility index (Phi) is 3.68. The number of rotatable bonds is 3. The first-order chi connectivity index (χ1) is 8.56. The zero-order valence-electron chi connectivity index (χ0n) is 9.67. The van der Waals surface area contributed by atoms with Gasteiger partial charge in [0, 0.05) is 6.04 Å². The third-order valence-corrected chi connectivity index (χ3v) is 3.09. The molecular formula is C12H12F3NO2. The van der Waals surface area contributed by atoms with Crippen LogP contribution in [0.5, 0.6) is 0 Å². The fourth-order valence-electron chi connectivity index (χ4n) is 2.01. The summed E-state index contributed by atoms with van der Waals surface area (Å²) in [5.74, 6) is -5.54. The molecule has 0 amide bonds. The summed E-state index contributed by atoms with van der Waals surface area (Å²) in [6.45, 7) is 0.473. The Hall–Kier alpha value is -1.40. The Balaban J connectivity index is 2.32. The Morgan fingerprint density at radius 2 is 2.00 bits per heavy atom. The maximum atomic E-state index is 13.5. The number of nitrogens with one attached hydrogen (secondary N) is 1. The van der Waals surface area contributed by atoms with Gasteiger partial charge in [0.2, 0.25) is 0 Å². The molecule has 0 saturated carbocycles. The van der Waals surface area contributed by atoms with Crippen LogP contribution in [0.2, 0.25) is 0 Å². The van der Waals surface area contributed by atoms with Gasteiger partial charge >= 0.3 is 0 Å². The van der Waals surface area contributed by atoms with Crippen molar-refractivity contribution in [2.75, 3.05) is 20.3 Å². The van der Waals surface area contributed by atoms with E-state index in [0.717, 1.165) is 12.1 Å². The highest BCUT2D eigenvalue weighted by Gasteiger charge is 2.35. The molecule has 0 radical (unpaired) electrons. The van der Waals surface area contributed by atoms with Crippen LogP contribution >= 0.6 is 0 Å². The monoisotopic (exact) mass is 259 g/mol. The van der Waals surface area contributed by atoms with E-state index >= 15 is 0 Å². The van der Waals surface area contributed by atoms with Crippen LogP contribution in [-0.4, -0.2) is 32.1 Å². The van der Waals surface area contributed by atoms with Crippen LogP contribution in [-0.2, 0) is 4.74 Å². The fourth-order valence-corrected chi connectivity index (χ4v) is 2.01. The van der Waals surface area contributed by atoms with E-state index in [9.17, 15) is 18.0 Å². The maximum absolute atomic E-state index is 13.5. The number of ether oxygens (including phenoxy) is 1. The van der Waals surface area contributed by atoms with E-state index in [0.29, 0.717) is 6.61 Å². The molecule has 6 heteroatoms. The molecule has 1 aromatic carbocycles. The molecular weight excluding hydrogens is 247 g/mol. The van der Waals surface area contributed by atoms with Crippen molar-refractivity contribution in [2.24, 2.45) is 5.92 Å². The minimum Gasteiger partial charge on any atom is -0.379 e. The SMILES string of the molecule is CNC1COCC1C(=O)c1ccc(F)c(F)c1F. The van der Waals surface area contributed by atoms with Crippen molar-refractivity contribution >= 4 is 5.78 Å². The van der Waals surface area contributed by atoms with Crippen LogP contribution in [0.4, 0.5) is 13.2 Å². The highest BCUT2D eigenvalue weighted by Crippen LogP contribution is 2.23. The van der Waals surface area contributed by atoms with Gasteiger partial charge in [0.05, 0.1) is 24.7 Å². The second-order valence-corrected chi connectivity index (χ2v) is 4.13. The lowest BCUT2D eigenvalue weighted by atomic mass is 9.93. The van der Waals surface area contributed by atoms with Crippen molar-refractivity contribution in [1.82, 2.24) is 5.32 Å². The maximum Gasteiger partial charge on any atom is 0.195 e. The topological polar surface area (TPSA) is 38.3 Å². The number of hydrogen-bond donors (Lipinski definition) is 1. The van der Waals surface area contributed by atoms with E-state index in [4.69, 9.17) is 4.74 Å². The highest BCUT2D eigenvalue weighted by atomic mass is 19.2. The number of Topliss-reactive ketones (excluding diaryl/α,β-unsaturated/α-hetero) is 1. The summed E-state index contributed by atoms with van der Waals surface area (Å²) >= 11 is 0. The van der Waals surface area contributed by atoms with Gasteiger partial charge in [0.15, 0.2) is 23.2 Å². The first kappa shape index (κ1) is 13.0. The van der Waals surface area contributed by atoms with Crippen LogP contribution in [0.1, 0.15) is 10.4 Å². The van der Waals surface area contributed by atoms with Crippen molar-refractivity contribution in [3.8, 4) is 0 Å². The van der Waals surface area contributed by atoms with Gasteiger partial charge < -0.3 is 10.1 Å². The van der Waals surface area contributed by atoms with E-state index in [2.05, 4.69) is 5.32 Å². The van der Waals surface area contributed by atoms with E-state index in [1.807, 2.05) is 0 Å². The molecule has 1 fully saturated rings. The van der Waals surface area contributed by atoms with Gasteiger partial charge in [-0.05, 0) is 19.2 Å². The molecule has 3 nitrogen and oxygen atoms in total. The van der Waals surface area contributed by atoms with Gasteiger partial charge in [0.1, 0.15) is 0 Å². The van der Waals surface area contributed by atoms with Crippen LogP contribution in [0.15, 0.2) is 12.1 Å². The molecule has 0 bridgehead atoms. The molecule has 2 rings (SSSR count). The lowest BCUT2D eigenvalue weighted by molar-refractivity contribution is 0.0887. The number of benzene rings is 1. The second-order valence-electron chi connectivity index (χ2n) is 4.13. The minimum absolute atomic E-state index is 0.142. The summed E-state index contributed by atoms with van der Waals surface area (Å²) in [6, 6.07) is 1.46. The summed E-state index contributed by atoms with van der Waals surface area (Å²) in [6.07, 6.45) is 0. The number of halogens is 3. The van der Waals surface area contributed by atoms with Gasteiger partial charge in [-0.2, -0.15) is 0 Å². The summed E-state index contributed by atoms with van der Waals surface area (Å²) in [5, 5.41) is 2.87. The number of carbonyl (C=O) groups is 1. The van der Waals surface area contributed by atoms with Crippen LogP contribution in [0.25, 0.3) is 0 Å². The van der Waals surface area contributed by atoms with Gasteiger partial charge in [-0.25, -0.2) is 13.2 Å². The molecule has 18 heavy (non-hydrogen) atoms. The van der Waals surface area contributed by atoms with E-state index in [-0.39, 0.29) is 12.6 Å². The van der Waals surface area contributed by atoms with E-state index < -0.39 is 34.7 Å². The second kappa shape index (κ2) is 5.07. The lowest BCUT2D eigenvalue weighted by Gasteiger charge is -2.15. The largest absolute Gasteiger partial charge is 0.379 e. The van der Waals surface area contributed by atoms with Gasteiger partial charge in [-0.15, -0.1) is 0 Å². The van der Waals surface area contributed by atoms with Crippen LogP contribution in [0.3, 0.4) is 0 Å². The quantitative estimate of drug-likeness (QED) is 0.660. The smallest absolute Gasteiger partial charge is 0.195 e. The van der Waals surface area contributed by atoms with Crippen molar-refractivity contribution in [3.05, 3.63) is 35.1 Å². The van der Waals surface area contributed by atoms with E-state index in [1.165, 1.54) is 0 Å². The predicted molar refractivity (Wildman–Crippen MR) is 57.8 cm³/mol. The molecule has 2 unspecified atom stereocenters. The lowest BCUT2D eigenvalue weighted by Crippen LogP contribution is -2.37. The Morgan fingerprint density at radius 3 is 2.67 bits per heavy atom. The third-order valence-electron chi connectivity index (χ3n) is 3.09. The van der Waals surface area contributed by atoms with Gasteiger partial charge in [-0.3, -0.25) is 4.79 Å². The summed E-state index contributed by atoms with van der Waals surface area (Å²) < 4.78 is 44.5. The highest BCUT2D eigenvalue weighted by molar-refractivity contribution is 5.98. The molecule has 1 aliphatic heterocycles. The predicted octanol–water partition coefficient (Wildman–Crippen LogP) is 1.52. The average Bonchev–Trinajstić information content (AvgIpc) is 2.83. The van der Waals surface area contributed by atoms with E-state index in [1.54, 1.807) is 7.05 Å². The molecule has 0 aromatic heterocycles. The molecule has 1 N–H and O–H groups in total. The van der Waals surface area contributed by atoms with Crippen molar-refractivity contribution in [3.63, 3.8) is 0 Å². The van der Waals surface area contributed by atoms with Crippen molar-refractivity contribution in [2.45, 2.75) is 6.04 Å². The Bertz CT molecular complexity index is 479. The average molecular weight is 259 g/mol. The summed E-state index contributed by atoms with van der Waals surface area (Å²) in [5.41, 5.74) is -0.440. The van der Waals surface area contributed by atoms with Gasteiger partial charge in [0.25, 0.3) is 0 Å². The molecule has 2 atom stereocenters. The zero-order chi connectivity index (χ0) is 13.3. The molecule has 1 aromatic rings. The normalized spacial score (nSPS) is 23.3. The molecule has 1 heterocycles. The number of hydrogen-bond acceptors (Lipinski definition) is 3. The minimum atomic E-state index is -1.62. The van der Waals surface area contributed by atoms with Crippen LogP contribution < -0.4 is 5.32 Å². The van der Waals surface area contributed by atoms with Crippen LogP contribution in [0, 0.1) is 23.4 Å². The third kappa shape index (κ3) is 2.13. The summed E-state index contributed by atoms with van der Waals surface area (Å²) in [4.78, 5) is 12.1. The zero-order valence-corrected chi connectivity index (χ0v) is 9.67. The number of carbonyl (C=O) groups excluding carboxylic acids is 1. The van der Waals surface area contributed by atoms with Crippen molar-refractivity contribution in [1.29, 1.82) is 0 Å². The molecule has 1 aliphatic rings. The standard InChI is InChI=1S/C12H12F3NO2/c1-16-9-5-18-4-7(9)12(17)6-2-3-8(13)11(15)10(6)14/h2-3,7,9,16H,4-5H2,1H3. The van der Waals surface area contributed by atoms with Crippen molar-refractivity contribution < 1.29 is 22.7 Å². The summed E-state index contributed by atoms with van der Waals surface area (Å²) in [7, 11) is 1.65. The Morgan fingerprint density at radius 1 is 1.28 bits per heavy atom. The number of likely N-dealkylation sites (N-methyl/N-ethyl adjacent to an activating group) is 1. The fraction of sp³-hybridized carbons (Fsp3) is 0.417. The molecule has 0 aliphatic carbocycles. The first-order valence-electron chi connectivity index (χ1n) is 5.49. The first-order valence-corrected chi connectivity index (χ1v) is 5.49. The molecule has 0 spiro atoms. The number of ketones is 1. The molecule has 1 saturated heterocycles. The molecule has 98 valence electrons.